The summed E-state index contributed by atoms with van der Waals surface area (Å²) in [6.07, 6.45) is 0.795. The summed E-state index contributed by atoms with van der Waals surface area (Å²) in [5, 5.41) is 2.71. The van der Waals surface area contributed by atoms with Crippen molar-refractivity contribution in [3.8, 4) is 17.2 Å². The lowest BCUT2D eigenvalue weighted by Crippen LogP contribution is -2.12. The summed E-state index contributed by atoms with van der Waals surface area (Å²) in [6, 6.07) is 11.2. The normalized spacial score (nSPS) is 10.4. The molecule has 0 aromatic heterocycles. The highest BCUT2D eigenvalue weighted by Gasteiger charge is 2.08. The van der Waals surface area contributed by atoms with Crippen LogP contribution in [0.2, 0.25) is 0 Å². The van der Waals surface area contributed by atoms with Gasteiger partial charge in [0.15, 0.2) is 11.5 Å². The highest BCUT2D eigenvalue weighted by atomic mass is 19.3. The largest absolute Gasteiger partial charge is 0.493 e. The SMILES string of the molecule is COc1ccc(CCC(=O)Nc2ccc(OC(F)F)cc2)cc1OC. The average Bonchev–Trinajstić information content (AvgIpc) is 2.61. The van der Waals surface area contributed by atoms with Crippen molar-refractivity contribution < 1.29 is 27.8 Å². The highest BCUT2D eigenvalue weighted by Crippen LogP contribution is 2.28. The van der Waals surface area contributed by atoms with Gasteiger partial charge in [0.1, 0.15) is 5.75 Å². The minimum atomic E-state index is -2.87. The molecule has 2 rings (SSSR count). The zero-order valence-electron chi connectivity index (χ0n) is 13.9. The van der Waals surface area contributed by atoms with E-state index >= 15 is 0 Å². The summed E-state index contributed by atoms with van der Waals surface area (Å²) in [4.78, 5) is 12.0. The smallest absolute Gasteiger partial charge is 0.387 e. The molecule has 1 amide bonds. The minimum Gasteiger partial charge on any atom is -0.493 e. The number of carbonyl (C=O) groups is 1. The van der Waals surface area contributed by atoms with Crippen molar-refractivity contribution in [3.63, 3.8) is 0 Å². The van der Waals surface area contributed by atoms with E-state index in [-0.39, 0.29) is 18.1 Å². The average molecular weight is 351 g/mol. The van der Waals surface area contributed by atoms with Gasteiger partial charge in [-0.05, 0) is 48.4 Å². The molecule has 0 saturated carbocycles. The molecule has 0 saturated heterocycles. The number of alkyl halides is 2. The maximum absolute atomic E-state index is 12.1. The Kier molecular flexibility index (Phi) is 6.56. The Bertz CT molecular complexity index is 705. The van der Waals surface area contributed by atoms with Crippen LogP contribution in [0.3, 0.4) is 0 Å². The van der Waals surface area contributed by atoms with E-state index < -0.39 is 6.61 Å². The number of rotatable bonds is 8. The topological polar surface area (TPSA) is 56.8 Å². The molecule has 134 valence electrons. The fraction of sp³-hybridized carbons (Fsp3) is 0.278. The molecule has 0 aliphatic heterocycles. The molecule has 0 radical (unpaired) electrons. The summed E-state index contributed by atoms with van der Waals surface area (Å²) >= 11 is 0. The number of amides is 1. The zero-order valence-corrected chi connectivity index (χ0v) is 13.9. The summed E-state index contributed by atoms with van der Waals surface area (Å²) in [5.74, 6) is 1.09. The third-order valence-electron chi connectivity index (χ3n) is 3.45. The maximum atomic E-state index is 12.1. The van der Waals surface area contributed by atoms with E-state index in [9.17, 15) is 13.6 Å². The van der Waals surface area contributed by atoms with E-state index in [1.54, 1.807) is 20.3 Å². The number of ether oxygens (including phenoxy) is 3. The van der Waals surface area contributed by atoms with Crippen LogP contribution in [-0.2, 0) is 11.2 Å². The van der Waals surface area contributed by atoms with Gasteiger partial charge >= 0.3 is 6.61 Å². The van der Waals surface area contributed by atoms with Crippen LogP contribution in [0.1, 0.15) is 12.0 Å². The molecule has 2 aromatic carbocycles. The van der Waals surface area contributed by atoms with Gasteiger partial charge in [-0.2, -0.15) is 8.78 Å². The van der Waals surface area contributed by atoms with Crippen LogP contribution >= 0.6 is 0 Å². The van der Waals surface area contributed by atoms with Gasteiger partial charge in [0.05, 0.1) is 14.2 Å². The van der Waals surface area contributed by atoms with Crippen LogP contribution in [-0.4, -0.2) is 26.7 Å². The Morgan fingerprint density at radius 2 is 1.72 bits per heavy atom. The van der Waals surface area contributed by atoms with E-state index in [0.717, 1.165) is 5.56 Å². The molecular weight excluding hydrogens is 332 g/mol. The number of benzene rings is 2. The van der Waals surface area contributed by atoms with E-state index in [0.29, 0.717) is 23.6 Å². The van der Waals surface area contributed by atoms with Crippen LogP contribution in [0.25, 0.3) is 0 Å². The standard InChI is InChI=1S/C18H19F2NO4/c1-23-15-9-3-12(11-16(15)24-2)4-10-17(22)21-13-5-7-14(8-6-13)25-18(19)20/h3,5-9,11,18H,4,10H2,1-2H3,(H,21,22). The molecule has 5 nitrogen and oxygen atoms in total. The van der Waals surface area contributed by atoms with Crippen LogP contribution in [0.15, 0.2) is 42.5 Å². The van der Waals surface area contributed by atoms with E-state index in [2.05, 4.69) is 10.1 Å². The van der Waals surface area contributed by atoms with Crippen molar-refractivity contribution in [2.24, 2.45) is 0 Å². The number of carbonyl (C=O) groups excluding carboxylic acids is 1. The second kappa shape index (κ2) is 8.86. The molecule has 25 heavy (non-hydrogen) atoms. The summed E-state index contributed by atoms with van der Waals surface area (Å²) < 4.78 is 38.8. The lowest BCUT2D eigenvalue weighted by molar-refractivity contribution is -0.116. The fourth-order valence-electron chi connectivity index (χ4n) is 2.24. The number of nitrogens with one attached hydrogen (secondary N) is 1. The molecule has 0 fully saturated rings. The molecule has 0 unspecified atom stereocenters. The number of methoxy groups -OCH3 is 2. The van der Waals surface area contributed by atoms with Gasteiger partial charge in [0.25, 0.3) is 0 Å². The Hall–Kier alpha value is -2.83. The lowest BCUT2D eigenvalue weighted by Gasteiger charge is -2.10. The first kappa shape index (κ1) is 18.5. The van der Waals surface area contributed by atoms with Gasteiger partial charge in [0, 0.05) is 12.1 Å². The highest BCUT2D eigenvalue weighted by molar-refractivity contribution is 5.90. The first-order chi connectivity index (χ1) is 12.0. The van der Waals surface area contributed by atoms with Crippen molar-refractivity contribution in [2.45, 2.75) is 19.5 Å². The number of hydrogen-bond acceptors (Lipinski definition) is 4. The zero-order chi connectivity index (χ0) is 18.2. The van der Waals surface area contributed by atoms with Gasteiger partial charge in [-0.1, -0.05) is 6.07 Å². The van der Waals surface area contributed by atoms with Crippen LogP contribution in [0.5, 0.6) is 17.2 Å². The Labute approximate surface area is 144 Å². The maximum Gasteiger partial charge on any atom is 0.387 e. The number of halogens is 2. The van der Waals surface area contributed by atoms with Gasteiger partial charge in [-0.15, -0.1) is 0 Å². The number of anilines is 1. The molecule has 0 heterocycles. The van der Waals surface area contributed by atoms with Crippen LogP contribution < -0.4 is 19.5 Å². The third kappa shape index (κ3) is 5.63. The number of aryl methyl sites for hydroxylation is 1. The van der Waals surface area contributed by atoms with Gasteiger partial charge < -0.3 is 19.5 Å². The Morgan fingerprint density at radius 1 is 1.04 bits per heavy atom. The monoisotopic (exact) mass is 351 g/mol. The molecule has 0 aliphatic rings. The predicted molar refractivity (Wildman–Crippen MR) is 89.6 cm³/mol. The molecule has 7 heteroatoms. The van der Waals surface area contributed by atoms with Crippen molar-refractivity contribution in [3.05, 3.63) is 48.0 Å². The predicted octanol–water partition coefficient (Wildman–Crippen LogP) is 3.88. The van der Waals surface area contributed by atoms with Crippen molar-refractivity contribution in [2.75, 3.05) is 19.5 Å². The van der Waals surface area contributed by atoms with Gasteiger partial charge in [0.2, 0.25) is 5.91 Å². The van der Waals surface area contributed by atoms with Crippen molar-refractivity contribution >= 4 is 11.6 Å². The van der Waals surface area contributed by atoms with E-state index in [4.69, 9.17) is 9.47 Å². The van der Waals surface area contributed by atoms with E-state index in [1.165, 1.54) is 24.3 Å². The molecule has 1 N–H and O–H groups in total. The molecule has 0 bridgehead atoms. The fourth-order valence-corrected chi connectivity index (χ4v) is 2.24. The molecule has 0 spiro atoms. The Morgan fingerprint density at radius 3 is 2.32 bits per heavy atom. The molecule has 2 aromatic rings. The first-order valence-electron chi connectivity index (χ1n) is 7.57. The molecule has 0 atom stereocenters. The Balaban J connectivity index is 1.88. The third-order valence-corrected chi connectivity index (χ3v) is 3.45. The van der Waals surface area contributed by atoms with Crippen LogP contribution in [0.4, 0.5) is 14.5 Å². The second-order valence-electron chi connectivity index (χ2n) is 5.14. The van der Waals surface area contributed by atoms with Gasteiger partial charge in [-0.3, -0.25) is 4.79 Å². The second-order valence-corrected chi connectivity index (χ2v) is 5.14. The molecular formula is C18H19F2NO4. The van der Waals surface area contributed by atoms with Crippen molar-refractivity contribution in [1.82, 2.24) is 0 Å². The summed E-state index contributed by atoms with van der Waals surface area (Å²) in [6.45, 7) is -2.87. The summed E-state index contributed by atoms with van der Waals surface area (Å²) in [7, 11) is 3.11. The quantitative estimate of drug-likeness (QED) is 0.784. The van der Waals surface area contributed by atoms with E-state index in [1.807, 2.05) is 12.1 Å². The first-order valence-corrected chi connectivity index (χ1v) is 7.57. The van der Waals surface area contributed by atoms with Crippen LogP contribution in [0, 0.1) is 0 Å². The van der Waals surface area contributed by atoms with Gasteiger partial charge in [-0.25, -0.2) is 0 Å². The summed E-state index contributed by atoms with van der Waals surface area (Å²) in [5.41, 5.74) is 1.45. The lowest BCUT2D eigenvalue weighted by atomic mass is 10.1. The number of hydrogen-bond donors (Lipinski definition) is 1. The minimum absolute atomic E-state index is 0.0401. The van der Waals surface area contributed by atoms with Crippen molar-refractivity contribution in [1.29, 1.82) is 0 Å². The molecule has 0 aliphatic carbocycles.